The largest absolute Gasteiger partial charge is 0.412 e. The summed E-state index contributed by atoms with van der Waals surface area (Å²) in [7, 11) is -3.16. The fourth-order valence-electron chi connectivity index (χ4n) is 3.57. The Morgan fingerprint density at radius 1 is 1.13 bits per heavy atom. The topological polar surface area (TPSA) is 79.9 Å². The van der Waals surface area contributed by atoms with Gasteiger partial charge >= 0.3 is 0 Å². The Kier molecular flexibility index (Phi) is 9.75. The molecule has 0 amide bonds. The Bertz CT molecular complexity index is 1290. The number of H-pyrrole nitrogens is 1. The first-order valence-corrected chi connectivity index (χ1v) is 18.0. The fraction of sp³-hybridized carbons (Fsp3) is 0.500. The van der Waals surface area contributed by atoms with E-state index in [-0.39, 0.29) is 9.79 Å². The van der Waals surface area contributed by atoms with Gasteiger partial charge in [0, 0.05) is 34.5 Å². The molecule has 0 aliphatic heterocycles. The van der Waals surface area contributed by atoms with E-state index in [0.29, 0.717) is 18.2 Å². The molecule has 1 aromatic carbocycles. The van der Waals surface area contributed by atoms with Gasteiger partial charge in [-0.25, -0.2) is 13.9 Å². The molecule has 0 aliphatic rings. The average molecular weight is 593 g/mol. The number of halogens is 1. The van der Waals surface area contributed by atoms with Crippen LogP contribution in [0.5, 0.6) is 0 Å². The molecule has 0 aliphatic carbocycles. The van der Waals surface area contributed by atoms with Gasteiger partial charge < -0.3 is 4.43 Å². The van der Waals surface area contributed by atoms with Crippen molar-refractivity contribution in [3.8, 4) is 11.1 Å². The number of nitrogens with one attached hydrogen (secondary N) is 2. The quantitative estimate of drug-likeness (QED) is 0.246. The van der Waals surface area contributed by atoms with Gasteiger partial charge in [-0.3, -0.25) is 5.10 Å². The third-order valence-corrected chi connectivity index (χ3v) is 14.6. The van der Waals surface area contributed by atoms with Crippen LogP contribution in [0.4, 0.5) is 0 Å². The summed E-state index contributed by atoms with van der Waals surface area (Å²) in [5, 5.41) is 9.01. The lowest BCUT2D eigenvalue weighted by Crippen LogP contribution is -2.40. The van der Waals surface area contributed by atoms with Crippen LogP contribution in [0.25, 0.3) is 11.1 Å². The summed E-state index contributed by atoms with van der Waals surface area (Å²) in [5.74, 6) is 0. The monoisotopic (exact) mass is 592 g/mol. The normalized spacial score (nSPS) is 13.7. The fourth-order valence-corrected chi connectivity index (χ4v) is 6.58. The van der Waals surface area contributed by atoms with Crippen molar-refractivity contribution in [2.45, 2.75) is 101 Å². The van der Waals surface area contributed by atoms with Gasteiger partial charge in [0.2, 0.25) is 0 Å². The second-order valence-electron chi connectivity index (χ2n) is 12.1. The predicted octanol–water partition coefficient (Wildman–Crippen LogP) is 7.97. The SMILES string of the molecule is Cc1n[nH]c(C)c1-c1cc(Cl)c(Sc2ncccc2CO[Si](C)(C)C(C)(C)C)c(CNS(=O)C(C)(C)C)c1. The number of benzene rings is 1. The molecule has 6 nitrogen and oxygen atoms in total. The van der Waals surface area contributed by atoms with Gasteiger partial charge in [0.15, 0.2) is 8.32 Å². The Morgan fingerprint density at radius 2 is 1.82 bits per heavy atom. The highest BCUT2D eigenvalue weighted by Gasteiger charge is 2.37. The molecule has 0 spiro atoms. The summed E-state index contributed by atoms with van der Waals surface area (Å²) in [6.45, 7) is 22.0. The lowest BCUT2D eigenvalue weighted by Gasteiger charge is -2.36. The van der Waals surface area contributed by atoms with Gasteiger partial charge in [-0.2, -0.15) is 5.10 Å². The molecule has 2 heterocycles. The zero-order valence-corrected chi connectivity index (χ0v) is 27.6. The maximum Gasteiger partial charge on any atom is 0.192 e. The average Bonchev–Trinajstić information content (AvgIpc) is 3.14. The molecule has 0 saturated carbocycles. The van der Waals surface area contributed by atoms with Crippen molar-refractivity contribution in [1.82, 2.24) is 19.9 Å². The zero-order chi connectivity index (χ0) is 28.5. The minimum absolute atomic E-state index is 0.118. The number of aromatic amines is 1. The molecule has 10 heteroatoms. The lowest BCUT2D eigenvalue weighted by atomic mass is 10.0. The summed E-state index contributed by atoms with van der Waals surface area (Å²) in [5.41, 5.74) is 5.88. The minimum Gasteiger partial charge on any atom is -0.412 e. The van der Waals surface area contributed by atoms with Gasteiger partial charge in [-0.15, -0.1) is 0 Å². The Hall–Kier alpha value is -1.49. The number of rotatable bonds is 9. The third kappa shape index (κ3) is 7.37. The molecule has 2 N–H and O–H groups in total. The van der Waals surface area contributed by atoms with Crippen LogP contribution in [0, 0.1) is 13.8 Å². The number of nitrogens with zero attached hydrogens (tertiary/aromatic N) is 2. The molecule has 1 atom stereocenters. The summed E-state index contributed by atoms with van der Waals surface area (Å²) < 4.78 is 22.2. The summed E-state index contributed by atoms with van der Waals surface area (Å²) >= 11 is 8.49. The highest BCUT2D eigenvalue weighted by molar-refractivity contribution is 7.99. The molecule has 0 fully saturated rings. The number of aromatic nitrogens is 3. The predicted molar refractivity (Wildman–Crippen MR) is 164 cm³/mol. The van der Waals surface area contributed by atoms with Crippen molar-refractivity contribution in [2.24, 2.45) is 0 Å². The molecule has 0 bridgehead atoms. The molecule has 208 valence electrons. The first kappa shape index (κ1) is 31.0. The summed E-state index contributed by atoms with van der Waals surface area (Å²) in [6, 6.07) is 8.10. The maximum absolute atomic E-state index is 12.8. The van der Waals surface area contributed by atoms with Crippen molar-refractivity contribution < 1.29 is 8.63 Å². The number of pyridine rings is 1. The van der Waals surface area contributed by atoms with E-state index >= 15 is 0 Å². The van der Waals surface area contributed by atoms with Crippen molar-refractivity contribution in [3.05, 3.63) is 58.0 Å². The van der Waals surface area contributed by atoms with E-state index in [1.54, 1.807) is 6.20 Å². The standard InChI is InChI=1S/C28H41ClN4O2S2Si/c1-18-24(19(2)33-32-18)21-14-22(16-31-37(34)27(3,4)5)25(23(29)15-21)36-26-20(12-11-13-30-26)17-35-38(9,10)28(6,7)8/h11-15,31H,16-17H2,1-10H3,(H,32,33). The molecular weight excluding hydrogens is 552 g/mol. The Balaban J connectivity index is 2.01. The van der Waals surface area contributed by atoms with Crippen LogP contribution in [0.1, 0.15) is 64.1 Å². The van der Waals surface area contributed by atoms with Crippen LogP contribution in [0.3, 0.4) is 0 Å². The molecule has 3 rings (SSSR count). The number of hydrogen-bond donors (Lipinski definition) is 2. The molecule has 3 aromatic rings. The van der Waals surface area contributed by atoms with E-state index in [1.807, 2.05) is 46.8 Å². The first-order valence-electron chi connectivity index (χ1n) is 12.8. The Labute approximate surface area is 240 Å². The zero-order valence-electron chi connectivity index (χ0n) is 24.2. The van der Waals surface area contributed by atoms with E-state index in [9.17, 15) is 4.21 Å². The first-order chi connectivity index (χ1) is 17.5. The maximum atomic E-state index is 12.8. The van der Waals surface area contributed by atoms with Gasteiger partial charge in [-0.1, -0.05) is 50.2 Å². The van der Waals surface area contributed by atoms with Crippen LogP contribution < -0.4 is 4.72 Å². The van der Waals surface area contributed by atoms with Crippen LogP contribution in [0.15, 0.2) is 40.4 Å². The van der Waals surface area contributed by atoms with Gasteiger partial charge in [-0.05, 0) is 82.1 Å². The third-order valence-electron chi connectivity index (χ3n) is 6.93. The number of hydrogen-bond acceptors (Lipinski definition) is 5. The van der Waals surface area contributed by atoms with E-state index in [0.717, 1.165) is 43.6 Å². The van der Waals surface area contributed by atoms with Crippen molar-refractivity contribution in [2.75, 3.05) is 0 Å². The van der Waals surface area contributed by atoms with Crippen molar-refractivity contribution in [1.29, 1.82) is 0 Å². The highest BCUT2D eigenvalue weighted by atomic mass is 35.5. The molecular formula is C28H41ClN4O2S2Si. The van der Waals surface area contributed by atoms with Crippen LogP contribution >= 0.6 is 23.4 Å². The smallest absolute Gasteiger partial charge is 0.192 e. The molecule has 0 saturated heterocycles. The summed E-state index contributed by atoms with van der Waals surface area (Å²) in [4.78, 5) is 5.59. The molecule has 38 heavy (non-hydrogen) atoms. The molecule has 0 radical (unpaired) electrons. The van der Waals surface area contributed by atoms with Crippen LogP contribution in [-0.4, -0.2) is 32.5 Å². The highest BCUT2D eigenvalue weighted by Crippen LogP contribution is 2.42. The second kappa shape index (κ2) is 11.9. The van der Waals surface area contributed by atoms with Crippen molar-refractivity contribution >= 4 is 42.7 Å². The van der Waals surface area contributed by atoms with E-state index in [1.165, 1.54) is 11.8 Å². The molecule has 2 aromatic heterocycles. The second-order valence-corrected chi connectivity index (χ2v) is 20.3. The Morgan fingerprint density at radius 3 is 2.39 bits per heavy atom. The van der Waals surface area contributed by atoms with E-state index in [2.05, 4.69) is 60.9 Å². The van der Waals surface area contributed by atoms with Gasteiger partial charge in [0.25, 0.3) is 0 Å². The minimum atomic E-state index is -1.93. The summed E-state index contributed by atoms with van der Waals surface area (Å²) in [6.07, 6.45) is 1.80. The van der Waals surface area contributed by atoms with Crippen molar-refractivity contribution in [3.63, 3.8) is 0 Å². The van der Waals surface area contributed by atoms with Gasteiger partial charge in [0.1, 0.15) is 5.03 Å². The van der Waals surface area contributed by atoms with E-state index < -0.39 is 19.3 Å². The number of aryl methyl sites for hydroxylation is 2. The van der Waals surface area contributed by atoms with E-state index in [4.69, 9.17) is 21.0 Å². The lowest BCUT2D eigenvalue weighted by molar-refractivity contribution is 0.273. The van der Waals surface area contributed by atoms with Crippen LogP contribution in [0.2, 0.25) is 23.2 Å². The van der Waals surface area contributed by atoms with Crippen LogP contribution in [-0.2, 0) is 28.6 Å². The molecule has 1 unspecified atom stereocenters. The van der Waals surface area contributed by atoms with Gasteiger partial charge in [0.05, 0.1) is 33.1 Å².